The number of aliphatic hydroxyl groups is 2. The summed E-state index contributed by atoms with van der Waals surface area (Å²) in [7, 11) is 0. The van der Waals surface area contributed by atoms with Crippen molar-refractivity contribution in [2.24, 2.45) is 0 Å². The maximum Gasteiger partial charge on any atom is 0.242 e. The average Bonchev–Trinajstić information content (AvgIpc) is 3.07. The minimum absolute atomic E-state index is 0.198. The Bertz CT molecular complexity index is 787. The summed E-state index contributed by atoms with van der Waals surface area (Å²) >= 11 is 0. The van der Waals surface area contributed by atoms with E-state index < -0.39 is 18.4 Å². The van der Waals surface area contributed by atoms with E-state index >= 15 is 0 Å². The van der Waals surface area contributed by atoms with Gasteiger partial charge in [-0.15, -0.1) is 0 Å². The highest BCUT2D eigenvalue weighted by Gasteiger charge is 2.35. The van der Waals surface area contributed by atoms with Crippen molar-refractivity contribution in [2.45, 2.75) is 24.9 Å². The van der Waals surface area contributed by atoms with Crippen LogP contribution in [0.15, 0.2) is 49.4 Å². The van der Waals surface area contributed by atoms with Crippen LogP contribution >= 0.6 is 0 Å². The van der Waals surface area contributed by atoms with Gasteiger partial charge in [-0.1, -0.05) is 12.2 Å². The van der Waals surface area contributed by atoms with Crippen molar-refractivity contribution in [3.05, 3.63) is 49.4 Å². The molecule has 25 heavy (non-hydrogen) atoms. The van der Waals surface area contributed by atoms with Crippen LogP contribution in [0.25, 0.3) is 11.2 Å². The van der Waals surface area contributed by atoms with Crippen LogP contribution < -0.4 is 5.32 Å². The molecule has 132 valence electrons. The normalized spacial score (nSPS) is 24.6. The second kappa shape index (κ2) is 7.88. The Hall–Kier alpha value is -2.75. The van der Waals surface area contributed by atoms with Crippen molar-refractivity contribution in [1.29, 1.82) is 0 Å². The number of hydrogen-bond donors (Lipinski definition) is 4. The Labute approximate surface area is 143 Å². The fourth-order valence-corrected chi connectivity index (χ4v) is 2.51. The van der Waals surface area contributed by atoms with Gasteiger partial charge in [-0.05, 0) is 12.2 Å². The maximum atomic E-state index is 9.68. The summed E-state index contributed by atoms with van der Waals surface area (Å²) in [5.74, 6) is -0.198. The zero-order valence-electron chi connectivity index (χ0n) is 13.3. The van der Waals surface area contributed by atoms with Crippen LogP contribution in [0, 0.1) is 0 Å². The first-order valence-electron chi connectivity index (χ1n) is 7.76. The molecule has 0 spiro atoms. The largest absolute Gasteiger partial charge is 0.492 e. The quantitative estimate of drug-likeness (QED) is 0.614. The molecule has 2 aromatic heterocycles. The number of allylic oxidation sites excluding steroid dienone is 4. The molecular formula is C16H19N5O4. The molecule has 0 aromatic carbocycles. The first kappa shape index (κ1) is 17.1. The molecule has 0 saturated carbocycles. The van der Waals surface area contributed by atoms with Crippen molar-refractivity contribution >= 4 is 11.2 Å². The summed E-state index contributed by atoms with van der Waals surface area (Å²) in [4.78, 5) is 11.7. The number of fused-ring (bicyclic) bond motifs is 1. The van der Waals surface area contributed by atoms with Gasteiger partial charge in [-0.3, -0.25) is 4.57 Å². The fraction of sp³-hybridized carbons (Fsp3) is 0.312. The molecule has 4 N–H and O–H groups in total. The third-order valence-electron chi connectivity index (χ3n) is 3.75. The molecule has 0 aliphatic carbocycles. The summed E-state index contributed by atoms with van der Waals surface area (Å²) in [5.41, 5.74) is 0.710. The second-order valence-electron chi connectivity index (χ2n) is 5.41. The van der Waals surface area contributed by atoms with Gasteiger partial charge in [0.25, 0.3) is 0 Å². The molecule has 9 nitrogen and oxygen atoms in total. The number of imidazole rings is 1. The highest BCUT2D eigenvalue weighted by Crippen LogP contribution is 2.31. The molecule has 9 heteroatoms. The number of nitrogens with one attached hydrogen (secondary N) is 1. The minimum atomic E-state index is -0.729. The fourth-order valence-electron chi connectivity index (χ4n) is 2.51. The number of ether oxygens (including phenoxy) is 1. The standard InChI is InChI=1S/C10H12N4O4.C6H7N/c15-2-6-5(16)1-7(18-6)14-4-13-8-9(14)11-3-12-10(8)17;1-2-4-6-7-5-3-1/h3-7,15-16H,1-2H2,(H,11,12,17);1-7H/t5-,6+,7+;/m0./s1. The number of aliphatic hydroxyl groups excluding tert-OH is 2. The molecule has 2 aromatic rings. The van der Waals surface area contributed by atoms with Crippen molar-refractivity contribution in [1.82, 2.24) is 24.8 Å². The monoisotopic (exact) mass is 345 g/mol. The molecule has 0 radical (unpaired) electrons. The van der Waals surface area contributed by atoms with Crippen molar-refractivity contribution in [3.63, 3.8) is 0 Å². The summed E-state index contributed by atoms with van der Waals surface area (Å²) in [6.45, 7) is -0.246. The summed E-state index contributed by atoms with van der Waals surface area (Å²) < 4.78 is 7.10. The third kappa shape index (κ3) is 3.85. The van der Waals surface area contributed by atoms with Crippen molar-refractivity contribution < 1.29 is 20.1 Å². The van der Waals surface area contributed by atoms with Crippen molar-refractivity contribution in [3.8, 4) is 5.88 Å². The van der Waals surface area contributed by atoms with Gasteiger partial charge in [0, 0.05) is 18.8 Å². The zero-order valence-corrected chi connectivity index (χ0v) is 13.3. The van der Waals surface area contributed by atoms with E-state index in [1.54, 1.807) is 4.57 Å². The van der Waals surface area contributed by atoms with E-state index in [2.05, 4.69) is 20.3 Å². The van der Waals surface area contributed by atoms with E-state index in [0.717, 1.165) is 0 Å². The van der Waals surface area contributed by atoms with E-state index in [0.29, 0.717) is 12.1 Å². The molecule has 1 saturated heterocycles. The second-order valence-corrected chi connectivity index (χ2v) is 5.41. The van der Waals surface area contributed by atoms with Crippen molar-refractivity contribution in [2.75, 3.05) is 6.61 Å². The molecule has 4 rings (SSSR count). The van der Waals surface area contributed by atoms with Crippen LogP contribution in [0.3, 0.4) is 0 Å². The summed E-state index contributed by atoms with van der Waals surface area (Å²) in [6, 6.07) is 0. The molecule has 1 fully saturated rings. The highest BCUT2D eigenvalue weighted by atomic mass is 16.5. The van der Waals surface area contributed by atoms with Gasteiger partial charge in [-0.2, -0.15) is 4.98 Å². The molecule has 2 aliphatic heterocycles. The first-order chi connectivity index (χ1) is 12.2. The van der Waals surface area contributed by atoms with E-state index in [1.165, 1.54) is 12.7 Å². The number of rotatable bonds is 2. The summed E-state index contributed by atoms with van der Waals surface area (Å²) in [6.07, 6.45) is 12.8. The van der Waals surface area contributed by atoms with E-state index in [1.807, 2.05) is 36.7 Å². The molecular weight excluding hydrogens is 326 g/mol. The van der Waals surface area contributed by atoms with Crippen LogP contribution in [-0.4, -0.2) is 53.7 Å². The van der Waals surface area contributed by atoms with Crippen LogP contribution in [0.5, 0.6) is 5.88 Å². The molecule has 0 amide bonds. The Kier molecular flexibility index (Phi) is 5.39. The highest BCUT2D eigenvalue weighted by molar-refractivity contribution is 5.75. The molecule has 4 heterocycles. The van der Waals surface area contributed by atoms with Gasteiger partial charge in [0.15, 0.2) is 11.2 Å². The number of hydrogen-bond acceptors (Lipinski definition) is 8. The average molecular weight is 345 g/mol. The Morgan fingerprint density at radius 3 is 2.60 bits per heavy atom. The Morgan fingerprint density at radius 1 is 1.16 bits per heavy atom. The smallest absolute Gasteiger partial charge is 0.242 e. The van der Waals surface area contributed by atoms with Crippen LogP contribution in [0.1, 0.15) is 12.6 Å². The van der Waals surface area contributed by atoms with Crippen LogP contribution in [0.4, 0.5) is 0 Å². The van der Waals surface area contributed by atoms with Gasteiger partial charge in [-0.25, -0.2) is 9.97 Å². The van der Waals surface area contributed by atoms with Gasteiger partial charge < -0.3 is 25.4 Å². The predicted octanol–water partition coefficient (Wildman–Crippen LogP) is 0.346. The topological polar surface area (TPSA) is 126 Å². The number of aromatic nitrogens is 4. The molecule has 0 unspecified atom stereocenters. The van der Waals surface area contributed by atoms with E-state index in [9.17, 15) is 10.2 Å². The van der Waals surface area contributed by atoms with Gasteiger partial charge in [0.2, 0.25) is 5.88 Å². The predicted molar refractivity (Wildman–Crippen MR) is 89.2 cm³/mol. The number of aromatic hydroxyl groups is 1. The van der Waals surface area contributed by atoms with Crippen LogP contribution in [0.2, 0.25) is 0 Å². The van der Waals surface area contributed by atoms with Gasteiger partial charge in [0.1, 0.15) is 18.7 Å². The summed E-state index contributed by atoms with van der Waals surface area (Å²) in [5, 5.41) is 31.2. The maximum absolute atomic E-state index is 9.68. The lowest BCUT2D eigenvalue weighted by atomic mass is 10.2. The molecule has 0 bridgehead atoms. The number of nitrogens with zero attached hydrogens (tertiary/aromatic N) is 4. The third-order valence-corrected chi connectivity index (χ3v) is 3.75. The van der Waals surface area contributed by atoms with E-state index in [-0.39, 0.29) is 18.0 Å². The zero-order chi connectivity index (χ0) is 17.6. The lowest BCUT2D eigenvalue weighted by molar-refractivity contribution is -0.0432. The Balaban J connectivity index is 0.000000219. The van der Waals surface area contributed by atoms with E-state index in [4.69, 9.17) is 9.84 Å². The molecule has 3 atom stereocenters. The Morgan fingerprint density at radius 2 is 1.92 bits per heavy atom. The lowest BCUT2D eigenvalue weighted by Gasteiger charge is -2.13. The minimum Gasteiger partial charge on any atom is -0.492 e. The van der Waals surface area contributed by atoms with Crippen LogP contribution in [-0.2, 0) is 4.74 Å². The SMILES string of the molecule is C1=CC=CNC=C1.OC[C@H]1O[C@@H](n2cnc3c(O)ncnc32)C[C@@H]1O. The van der Waals surface area contributed by atoms with Gasteiger partial charge >= 0.3 is 0 Å². The van der Waals surface area contributed by atoms with Gasteiger partial charge in [0.05, 0.1) is 19.0 Å². The first-order valence-corrected chi connectivity index (χ1v) is 7.76. The lowest BCUT2D eigenvalue weighted by Crippen LogP contribution is -2.24. The molecule has 2 aliphatic rings.